The lowest BCUT2D eigenvalue weighted by atomic mass is 10.0. The minimum Gasteiger partial charge on any atom is -0.480 e. The van der Waals surface area contributed by atoms with E-state index in [0.717, 1.165) is 0 Å². The van der Waals surface area contributed by atoms with Gasteiger partial charge in [0.1, 0.15) is 66.5 Å². The van der Waals surface area contributed by atoms with Crippen LogP contribution >= 0.6 is 11.8 Å². The number of primary amides is 3. The number of unbranched alkanes of at least 4 members (excludes halogenated alkanes) is 1. The standard InChI is InChI=1S/C67H118N32O17S/c1-117-28-19-44(94-50(101)38(69)11-4-21-81-62(70)71)60(111)99-27-10-18-49(99)59(110)97-47(30-37-32-80-35-88-37)57(108)91-42(16-8-25-85-66(77)115)54(105)96-46(29-36-31-79-34-87-36)56(107)92-43(17-9-26-86-67(78)116)55(106)98-48(33-100)58(109)93-40(15-7-24-84-65(76)114)52(103)89-39(13-5-22-82-63(72)73)51(102)90-41(14-6-23-83-64(74)75)53(104)95-45(61(112)113)12-2-3-20-68/h31-32,34-35,38-49,100H,2-30,33,68-69H2,1H3,(H,79,87)(H,80,88)(H,89,103)(H,90,102)(H,91,108)(H,92,107)(H,93,109)(H,94,101)(H,95,104)(H,96,105)(H,97,110)(H,98,106)(H,112,113)(H4,70,71,81)(H4,72,73,82)(H4,74,75,83)(H3,76,84,114)(H3,77,85,115)(H3,78,86,116)/t38-,39-,40-,41-,42-,43-,44-,45-,46-,47-,48-,49-/m0/s1. The van der Waals surface area contributed by atoms with Crippen LogP contribution < -0.4 is 132 Å². The Morgan fingerprint density at radius 2 is 0.812 bits per heavy atom. The molecule has 17 amide bonds. The zero-order valence-electron chi connectivity index (χ0n) is 65.4. The molecule has 0 bridgehead atoms. The fourth-order valence-electron chi connectivity index (χ4n) is 11.9. The number of carbonyl (C=O) groups is 15. The monoisotopic (exact) mass is 1670 g/mol. The second-order valence-electron chi connectivity index (χ2n) is 27.2. The number of hydrogen-bond acceptors (Lipinski definition) is 24. The van der Waals surface area contributed by atoms with E-state index < -0.39 is 175 Å². The van der Waals surface area contributed by atoms with Crippen molar-refractivity contribution in [3.05, 3.63) is 36.4 Å². The predicted octanol–water partition coefficient (Wildman–Crippen LogP) is -10.5. The minimum absolute atomic E-state index is 0.000676. The number of urea groups is 3. The van der Waals surface area contributed by atoms with Crippen molar-refractivity contribution in [2.24, 2.45) is 78.0 Å². The van der Waals surface area contributed by atoms with Gasteiger partial charge in [0, 0.05) is 82.4 Å². The number of carboxylic acids is 1. The largest absolute Gasteiger partial charge is 0.480 e. The van der Waals surface area contributed by atoms with Crippen LogP contribution in [0.1, 0.15) is 127 Å². The molecular weight excluding hydrogens is 1560 g/mol. The summed E-state index contributed by atoms with van der Waals surface area (Å²) in [6, 6.07) is -20.8. The Morgan fingerprint density at radius 1 is 0.462 bits per heavy atom. The first-order valence-corrected chi connectivity index (χ1v) is 39.4. The molecule has 1 aliphatic rings. The molecule has 39 N–H and O–H groups in total. The maximum absolute atomic E-state index is 14.9. The van der Waals surface area contributed by atoms with Crippen molar-refractivity contribution in [3.8, 4) is 0 Å². The molecule has 3 heterocycles. The van der Waals surface area contributed by atoms with Crippen molar-refractivity contribution < 1.29 is 82.1 Å². The Labute approximate surface area is 678 Å². The number of H-pyrrole nitrogens is 2. The van der Waals surface area contributed by atoms with E-state index in [1.165, 1.54) is 41.7 Å². The summed E-state index contributed by atoms with van der Waals surface area (Å²) in [6.45, 7) is -1.27. The highest BCUT2D eigenvalue weighted by molar-refractivity contribution is 7.98. The van der Waals surface area contributed by atoms with Gasteiger partial charge < -0.3 is 157 Å². The molecular formula is C67H118N32O17S. The van der Waals surface area contributed by atoms with Crippen LogP contribution in [0, 0.1) is 0 Å². The lowest BCUT2D eigenvalue weighted by molar-refractivity contribution is -0.142. The number of likely N-dealkylation sites (tertiary alicyclic amines) is 1. The summed E-state index contributed by atoms with van der Waals surface area (Å²) in [4.78, 5) is 233. The van der Waals surface area contributed by atoms with Crippen molar-refractivity contribution >= 4 is 119 Å². The van der Waals surface area contributed by atoms with Crippen molar-refractivity contribution in [1.29, 1.82) is 0 Å². The molecule has 1 saturated heterocycles. The van der Waals surface area contributed by atoms with Crippen LogP contribution in [0.2, 0.25) is 0 Å². The number of aliphatic imine (C=N–C) groups is 3. The predicted molar refractivity (Wildman–Crippen MR) is 427 cm³/mol. The topological polar surface area (TPSA) is 837 Å². The van der Waals surface area contributed by atoms with Gasteiger partial charge in [-0.05, 0) is 134 Å². The molecule has 0 radical (unpaired) electrons. The number of aliphatic hydroxyl groups is 1. The van der Waals surface area contributed by atoms with Crippen LogP contribution in [-0.4, -0.2) is 285 Å². The van der Waals surface area contributed by atoms with Gasteiger partial charge >= 0.3 is 24.1 Å². The van der Waals surface area contributed by atoms with E-state index in [2.05, 4.69) is 104 Å². The smallest absolute Gasteiger partial charge is 0.326 e. The molecule has 1 fully saturated rings. The van der Waals surface area contributed by atoms with Gasteiger partial charge in [-0.2, -0.15) is 11.8 Å². The summed E-state index contributed by atoms with van der Waals surface area (Å²) in [5.41, 5.74) is 61.2. The van der Waals surface area contributed by atoms with Crippen molar-refractivity contribution in [1.82, 2.24) is 94.0 Å². The van der Waals surface area contributed by atoms with Gasteiger partial charge in [0.05, 0.1) is 25.3 Å². The van der Waals surface area contributed by atoms with Gasteiger partial charge in [-0.3, -0.25) is 67.7 Å². The average Bonchev–Trinajstić information content (AvgIpc) is 1.73. The Morgan fingerprint density at radius 3 is 1.18 bits per heavy atom. The zero-order valence-corrected chi connectivity index (χ0v) is 66.2. The normalized spacial score (nSPS) is 15.0. The molecule has 3 rings (SSSR count). The molecule has 1 aliphatic heterocycles. The summed E-state index contributed by atoms with van der Waals surface area (Å²) >= 11 is 1.41. The van der Waals surface area contributed by atoms with E-state index in [1.54, 1.807) is 6.26 Å². The zero-order chi connectivity index (χ0) is 86.9. The number of aliphatic hydroxyl groups excluding tert-OH is 1. The van der Waals surface area contributed by atoms with Crippen molar-refractivity contribution in [2.75, 3.05) is 71.0 Å². The summed E-state index contributed by atoms with van der Waals surface area (Å²) in [5.74, 6) is -12.2. The molecule has 117 heavy (non-hydrogen) atoms. The number of aliphatic carboxylic acids is 1. The number of nitrogens with zero attached hydrogens (tertiary/aromatic N) is 6. The Balaban J connectivity index is 2.04. The van der Waals surface area contributed by atoms with Crippen LogP contribution in [0.3, 0.4) is 0 Å². The number of aromatic nitrogens is 4. The van der Waals surface area contributed by atoms with Crippen LogP contribution in [0.4, 0.5) is 14.4 Å². The molecule has 0 aliphatic carbocycles. The van der Waals surface area contributed by atoms with Crippen LogP contribution in [0.5, 0.6) is 0 Å². The average molecular weight is 1680 g/mol. The van der Waals surface area contributed by atoms with E-state index in [9.17, 15) is 82.1 Å². The summed E-state index contributed by atoms with van der Waals surface area (Å²) < 4.78 is 0. The Bertz CT molecular complexity index is 3620. The highest BCUT2D eigenvalue weighted by Crippen LogP contribution is 2.21. The van der Waals surface area contributed by atoms with Crippen LogP contribution in [-0.2, 0) is 70.4 Å². The third kappa shape index (κ3) is 39.7. The number of nitrogens with one attached hydrogen (secondary N) is 15. The Kier molecular flexibility index (Phi) is 46.3. The summed E-state index contributed by atoms with van der Waals surface area (Å²) in [6.07, 6.45) is 6.72. The number of hydrogen-bond donors (Lipinski definition) is 28. The molecule has 0 spiro atoms. The fraction of sp³-hybridized carbons (Fsp3) is 0.642. The number of aromatic amines is 2. The molecule has 12 atom stereocenters. The quantitative estimate of drug-likeness (QED) is 0.0166. The van der Waals surface area contributed by atoms with E-state index in [1.807, 2.05) is 0 Å². The third-order valence-electron chi connectivity index (χ3n) is 17.9. The van der Waals surface area contributed by atoms with Crippen LogP contribution in [0.15, 0.2) is 40.0 Å². The van der Waals surface area contributed by atoms with Crippen molar-refractivity contribution in [2.45, 2.75) is 201 Å². The molecule has 0 unspecified atom stereocenters. The fourth-order valence-corrected chi connectivity index (χ4v) is 12.3. The second-order valence-corrected chi connectivity index (χ2v) is 28.2. The second kappa shape index (κ2) is 54.6. The van der Waals surface area contributed by atoms with E-state index >= 15 is 0 Å². The number of thioether (sulfide) groups is 1. The van der Waals surface area contributed by atoms with Gasteiger partial charge in [0.25, 0.3) is 0 Å². The van der Waals surface area contributed by atoms with Gasteiger partial charge in [-0.1, -0.05) is 0 Å². The molecule has 2 aromatic rings. The number of carboxylic acid groups (broad SMARTS) is 1. The molecule has 0 aromatic carbocycles. The number of rotatable bonds is 58. The van der Waals surface area contributed by atoms with Gasteiger partial charge in [0.2, 0.25) is 65.0 Å². The highest BCUT2D eigenvalue weighted by Gasteiger charge is 2.41. The third-order valence-corrected chi connectivity index (χ3v) is 18.6. The maximum Gasteiger partial charge on any atom is 0.326 e. The number of carbonyl (C=O) groups excluding carboxylic acids is 14. The number of guanidine groups is 3. The number of imidazole rings is 2. The molecule has 654 valence electrons. The molecule has 2 aromatic heterocycles. The van der Waals surface area contributed by atoms with Gasteiger partial charge in [0.15, 0.2) is 17.9 Å². The van der Waals surface area contributed by atoms with Gasteiger partial charge in [-0.15, -0.1) is 0 Å². The van der Waals surface area contributed by atoms with E-state index in [4.69, 9.17) is 63.1 Å². The van der Waals surface area contributed by atoms with E-state index in [0.29, 0.717) is 37.1 Å². The van der Waals surface area contributed by atoms with Crippen LogP contribution in [0.25, 0.3) is 0 Å². The molecule has 49 nitrogen and oxygen atoms in total. The molecule has 50 heteroatoms. The SMILES string of the molecule is CSCC[C@H](NC(=O)[C@@H](N)CCCN=C(N)N)C(=O)N1CCC[C@H]1C(=O)N[C@@H](Cc1cnc[nH]1)C(=O)N[C@@H](CCCNC(N)=O)C(=O)N[C@@H](Cc1cnc[nH]1)C(=O)N[C@@H](CCCNC(N)=O)C(=O)N[C@@H](CO)C(=O)N[C@@H](CCCNC(N)=O)C(=O)N[C@@H](CCCN=C(N)N)C(=O)N[C@@H](CCCN=C(N)N)C(=O)N[C@@H](CCCCN)C(=O)O. The lowest BCUT2D eigenvalue weighted by Crippen LogP contribution is -2.61. The van der Waals surface area contributed by atoms with E-state index in [-0.39, 0.29) is 172 Å². The summed E-state index contributed by atoms with van der Waals surface area (Å²) in [5, 5.41) is 53.4. The minimum atomic E-state index is -1.97. The number of nitrogens with two attached hydrogens (primary N) is 11. The first kappa shape index (κ1) is 99.1. The first-order valence-electron chi connectivity index (χ1n) is 38.0. The maximum atomic E-state index is 14.9. The lowest BCUT2D eigenvalue weighted by Gasteiger charge is -2.30. The first-order chi connectivity index (χ1) is 55.7. The molecule has 0 saturated carbocycles. The Hall–Kier alpha value is -12.1. The summed E-state index contributed by atoms with van der Waals surface area (Å²) in [7, 11) is 0. The number of amides is 17. The highest BCUT2D eigenvalue weighted by atomic mass is 32.2. The van der Waals surface area contributed by atoms with Crippen molar-refractivity contribution in [3.63, 3.8) is 0 Å². The van der Waals surface area contributed by atoms with Gasteiger partial charge in [-0.25, -0.2) is 29.1 Å².